The van der Waals surface area contributed by atoms with E-state index in [4.69, 9.17) is 5.26 Å². The molecule has 6 nitrogen and oxygen atoms in total. The lowest BCUT2D eigenvalue weighted by atomic mass is 10.1. The zero-order valence-electron chi connectivity index (χ0n) is 11.8. The van der Waals surface area contributed by atoms with Gasteiger partial charge in [0.05, 0.1) is 16.2 Å². The summed E-state index contributed by atoms with van der Waals surface area (Å²) < 4.78 is 11.3. The van der Waals surface area contributed by atoms with Gasteiger partial charge in [-0.05, 0) is 23.8 Å². The summed E-state index contributed by atoms with van der Waals surface area (Å²) in [5.41, 5.74) is 2.19. The maximum absolute atomic E-state index is 11.3. The first kappa shape index (κ1) is 15.7. The third-order valence-corrected chi connectivity index (χ3v) is 3.65. The Morgan fingerprint density at radius 1 is 1.32 bits per heavy atom. The zero-order chi connectivity index (χ0) is 16.1. The van der Waals surface area contributed by atoms with Crippen LogP contribution in [0.5, 0.6) is 0 Å². The fraction of sp³-hybridized carbons (Fsp3) is 0.133. The molecule has 0 spiro atoms. The lowest BCUT2D eigenvalue weighted by Crippen LogP contribution is -1.97. The predicted molar refractivity (Wildman–Crippen MR) is 85.3 cm³/mol. The second-order valence-corrected chi connectivity index (χ2v) is 6.08. The molecule has 0 saturated heterocycles. The number of nitro groups is 1. The number of nitrogens with one attached hydrogen (secondary N) is 1. The monoisotopic (exact) mass is 315 g/mol. The number of hydrogen-bond acceptors (Lipinski definition) is 5. The van der Waals surface area contributed by atoms with Crippen LogP contribution < -0.4 is 5.32 Å². The Labute approximate surface area is 130 Å². The third-order valence-electron chi connectivity index (χ3n) is 2.91. The highest BCUT2D eigenvalue weighted by atomic mass is 32.2. The van der Waals surface area contributed by atoms with Gasteiger partial charge < -0.3 is 5.32 Å². The Balaban J connectivity index is 2.29. The molecule has 22 heavy (non-hydrogen) atoms. The van der Waals surface area contributed by atoms with Crippen molar-refractivity contribution in [1.29, 1.82) is 5.26 Å². The molecule has 0 amide bonds. The van der Waals surface area contributed by atoms with Crippen molar-refractivity contribution in [2.75, 3.05) is 11.6 Å². The van der Waals surface area contributed by atoms with Gasteiger partial charge in [-0.25, -0.2) is 0 Å². The van der Waals surface area contributed by atoms with E-state index in [-0.39, 0.29) is 11.3 Å². The van der Waals surface area contributed by atoms with Crippen LogP contribution in [-0.2, 0) is 16.6 Å². The van der Waals surface area contributed by atoms with Gasteiger partial charge in [-0.15, -0.1) is 0 Å². The number of nitrogens with zero attached hydrogens (tertiary/aromatic N) is 2. The molecule has 2 rings (SSSR count). The van der Waals surface area contributed by atoms with Gasteiger partial charge in [-0.2, -0.15) is 5.26 Å². The Bertz CT molecular complexity index is 784. The quantitative estimate of drug-likeness (QED) is 0.675. The molecular formula is C15H13N3O3S. The van der Waals surface area contributed by atoms with Gasteiger partial charge in [0.2, 0.25) is 0 Å². The summed E-state index contributed by atoms with van der Waals surface area (Å²) in [5, 5.41) is 22.9. The largest absolute Gasteiger partial charge is 0.354 e. The number of nitro benzene ring substituents is 1. The summed E-state index contributed by atoms with van der Waals surface area (Å²) in [6.07, 6.45) is 1.63. The number of benzene rings is 2. The van der Waals surface area contributed by atoms with E-state index in [1.165, 1.54) is 18.2 Å². The fourth-order valence-electron chi connectivity index (χ4n) is 1.98. The van der Waals surface area contributed by atoms with Gasteiger partial charge in [0.1, 0.15) is 6.07 Å². The molecule has 0 fully saturated rings. The molecule has 2 aromatic rings. The van der Waals surface area contributed by atoms with Gasteiger partial charge in [0.25, 0.3) is 5.69 Å². The molecule has 1 N–H and O–H groups in total. The third kappa shape index (κ3) is 3.90. The van der Waals surface area contributed by atoms with Crippen molar-refractivity contribution in [2.45, 2.75) is 5.75 Å². The summed E-state index contributed by atoms with van der Waals surface area (Å²) in [6.45, 7) is 0. The standard InChI is InChI=1S/C15H13N3O3S/c1-22(21)10-11-3-2-4-13(7-11)17-15-6-5-14(18(19)20)8-12(15)9-16/h2-8,17H,10H2,1H3. The Morgan fingerprint density at radius 2 is 2.09 bits per heavy atom. The van der Waals surface area contributed by atoms with Crippen LogP contribution in [0.4, 0.5) is 17.1 Å². The predicted octanol–water partition coefficient (Wildman–Crippen LogP) is 3.09. The highest BCUT2D eigenvalue weighted by Crippen LogP contribution is 2.25. The first-order valence-electron chi connectivity index (χ1n) is 6.34. The topological polar surface area (TPSA) is 96.0 Å². The van der Waals surface area contributed by atoms with E-state index < -0.39 is 15.7 Å². The summed E-state index contributed by atoms with van der Waals surface area (Å²) >= 11 is 0. The summed E-state index contributed by atoms with van der Waals surface area (Å²) in [5.74, 6) is 0.445. The summed E-state index contributed by atoms with van der Waals surface area (Å²) in [4.78, 5) is 10.2. The van der Waals surface area contributed by atoms with Gasteiger partial charge in [0, 0.05) is 40.6 Å². The van der Waals surface area contributed by atoms with Gasteiger partial charge >= 0.3 is 0 Å². The molecule has 7 heteroatoms. The molecule has 2 aromatic carbocycles. The number of non-ortho nitro benzene ring substituents is 1. The van der Waals surface area contributed by atoms with Crippen LogP contribution in [0.2, 0.25) is 0 Å². The zero-order valence-corrected chi connectivity index (χ0v) is 12.6. The number of nitriles is 1. The molecule has 1 unspecified atom stereocenters. The molecular weight excluding hydrogens is 302 g/mol. The molecule has 0 aliphatic rings. The van der Waals surface area contributed by atoms with E-state index in [0.717, 1.165) is 11.3 Å². The van der Waals surface area contributed by atoms with Gasteiger partial charge in [-0.1, -0.05) is 12.1 Å². The first-order chi connectivity index (χ1) is 10.5. The van der Waals surface area contributed by atoms with Crippen molar-refractivity contribution in [3.05, 3.63) is 63.7 Å². The highest BCUT2D eigenvalue weighted by molar-refractivity contribution is 7.83. The van der Waals surface area contributed by atoms with E-state index in [1.54, 1.807) is 6.26 Å². The van der Waals surface area contributed by atoms with Crippen molar-refractivity contribution < 1.29 is 9.13 Å². The molecule has 0 aliphatic carbocycles. The number of hydrogen-bond donors (Lipinski definition) is 1. The van der Waals surface area contributed by atoms with Crippen molar-refractivity contribution in [1.82, 2.24) is 0 Å². The SMILES string of the molecule is CS(=O)Cc1cccc(Nc2ccc([N+](=O)[O-])cc2C#N)c1. The molecule has 112 valence electrons. The average Bonchev–Trinajstić information content (AvgIpc) is 2.47. The van der Waals surface area contributed by atoms with Crippen molar-refractivity contribution >= 4 is 27.9 Å². The van der Waals surface area contributed by atoms with E-state index in [1.807, 2.05) is 30.3 Å². The van der Waals surface area contributed by atoms with E-state index in [9.17, 15) is 14.3 Å². The van der Waals surface area contributed by atoms with Crippen molar-refractivity contribution in [2.24, 2.45) is 0 Å². The minimum atomic E-state index is -0.941. The van der Waals surface area contributed by atoms with Gasteiger partial charge in [0.15, 0.2) is 0 Å². The normalized spacial score (nSPS) is 11.5. The molecule has 0 aliphatic heterocycles. The molecule has 0 aromatic heterocycles. The van der Waals surface area contributed by atoms with E-state index in [2.05, 4.69) is 5.32 Å². The Kier molecular flexibility index (Phi) is 4.86. The van der Waals surface area contributed by atoms with Crippen molar-refractivity contribution in [3.8, 4) is 6.07 Å². The second-order valence-electron chi connectivity index (χ2n) is 4.64. The number of rotatable bonds is 5. The number of anilines is 2. The van der Waals surface area contributed by atoms with E-state index >= 15 is 0 Å². The van der Waals surface area contributed by atoms with Gasteiger partial charge in [-0.3, -0.25) is 14.3 Å². The van der Waals surface area contributed by atoms with Crippen LogP contribution in [-0.4, -0.2) is 15.4 Å². The van der Waals surface area contributed by atoms with Crippen LogP contribution in [0.3, 0.4) is 0 Å². The van der Waals surface area contributed by atoms with Crippen LogP contribution >= 0.6 is 0 Å². The van der Waals surface area contributed by atoms with Crippen LogP contribution in [0.15, 0.2) is 42.5 Å². The minimum Gasteiger partial charge on any atom is -0.354 e. The Hall–Kier alpha value is -2.72. The van der Waals surface area contributed by atoms with Crippen LogP contribution in [0, 0.1) is 21.4 Å². The fourth-order valence-corrected chi connectivity index (χ4v) is 2.63. The molecule has 0 radical (unpaired) electrons. The maximum Gasteiger partial charge on any atom is 0.270 e. The van der Waals surface area contributed by atoms with Crippen LogP contribution in [0.1, 0.15) is 11.1 Å². The summed E-state index contributed by atoms with van der Waals surface area (Å²) in [6, 6.07) is 13.4. The van der Waals surface area contributed by atoms with Crippen LogP contribution in [0.25, 0.3) is 0 Å². The minimum absolute atomic E-state index is 0.128. The Morgan fingerprint density at radius 3 is 2.73 bits per heavy atom. The van der Waals surface area contributed by atoms with E-state index in [0.29, 0.717) is 11.4 Å². The average molecular weight is 315 g/mol. The molecule has 0 bridgehead atoms. The summed E-state index contributed by atoms with van der Waals surface area (Å²) in [7, 11) is -0.941. The lowest BCUT2D eigenvalue weighted by Gasteiger charge is -2.09. The molecule has 0 saturated carbocycles. The molecule has 0 heterocycles. The second kappa shape index (κ2) is 6.83. The maximum atomic E-state index is 11.3. The first-order valence-corrected chi connectivity index (χ1v) is 8.07. The molecule has 1 atom stereocenters. The van der Waals surface area contributed by atoms with Crippen molar-refractivity contribution in [3.63, 3.8) is 0 Å². The lowest BCUT2D eigenvalue weighted by molar-refractivity contribution is -0.384. The highest BCUT2D eigenvalue weighted by Gasteiger charge is 2.11. The smallest absolute Gasteiger partial charge is 0.270 e.